The van der Waals surface area contributed by atoms with Gasteiger partial charge in [-0.2, -0.15) is 10.2 Å². The molecule has 0 aliphatic carbocycles. The van der Waals surface area contributed by atoms with E-state index >= 15 is 0 Å². The standard InChI is InChI=1S/C13H14FN5O/c14-10-4-3-9(12(6-10)13(15)19-20)7-16-8-11-2-1-5-17-18-11/h1-6,16,20H,7-8H2,(H2,15,19). The summed E-state index contributed by atoms with van der Waals surface area (Å²) in [7, 11) is 0. The van der Waals surface area contributed by atoms with E-state index in [1.807, 2.05) is 6.07 Å². The summed E-state index contributed by atoms with van der Waals surface area (Å²) >= 11 is 0. The Balaban J connectivity index is 2.06. The van der Waals surface area contributed by atoms with Crippen LogP contribution in [-0.2, 0) is 13.1 Å². The van der Waals surface area contributed by atoms with E-state index in [1.165, 1.54) is 12.1 Å². The first kappa shape index (κ1) is 13.9. The molecule has 0 aliphatic heterocycles. The van der Waals surface area contributed by atoms with Crippen LogP contribution >= 0.6 is 0 Å². The van der Waals surface area contributed by atoms with Crippen molar-refractivity contribution in [2.45, 2.75) is 13.1 Å². The maximum Gasteiger partial charge on any atom is 0.170 e. The fraction of sp³-hybridized carbons (Fsp3) is 0.154. The highest BCUT2D eigenvalue weighted by Gasteiger charge is 2.08. The number of oxime groups is 1. The minimum atomic E-state index is -0.440. The van der Waals surface area contributed by atoms with Crippen molar-refractivity contribution in [3.8, 4) is 0 Å². The van der Waals surface area contributed by atoms with Crippen molar-refractivity contribution in [2.24, 2.45) is 10.9 Å². The second kappa shape index (κ2) is 6.58. The smallest absolute Gasteiger partial charge is 0.170 e. The molecule has 2 aromatic rings. The summed E-state index contributed by atoms with van der Waals surface area (Å²) in [6.45, 7) is 0.948. The van der Waals surface area contributed by atoms with E-state index < -0.39 is 5.82 Å². The van der Waals surface area contributed by atoms with Crippen molar-refractivity contribution in [3.05, 3.63) is 59.2 Å². The molecule has 0 unspecified atom stereocenters. The Kier molecular flexibility index (Phi) is 4.56. The van der Waals surface area contributed by atoms with Gasteiger partial charge in [0.05, 0.1) is 5.69 Å². The highest BCUT2D eigenvalue weighted by molar-refractivity contribution is 5.98. The number of nitrogens with one attached hydrogen (secondary N) is 1. The number of hydrogen-bond acceptors (Lipinski definition) is 5. The number of hydrogen-bond donors (Lipinski definition) is 3. The number of benzene rings is 1. The number of nitrogens with zero attached hydrogens (tertiary/aromatic N) is 3. The van der Waals surface area contributed by atoms with Crippen LogP contribution in [0.5, 0.6) is 0 Å². The first-order valence-electron chi connectivity index (χ1n) is 5.94. The van der Waals surface area contributed by atoms with E-state index in [0.717, 1.165) is 11.3 Å². The SMILES string of the molecule is N/C(=N/O)c1cc(F)ccc1CNCc1cccnn1. The lowest BCUT2D eigenvalue weighted by atomic mass is 10.1. The van der Waals surface area contributed by atoms with E-state index in [1.54, 1.807) is 18.3 Å². The number of amidine groups is 1. The largest absolute Gasteiger partial charge is 0.409 e. The zero-order valence-electron chi connectivity index (χ0n) is 10.6. The minimum Gasteiger partial charge on any atom is -0.409 e. The molecule has 0 amide bonds. The van der Waals surface area contributed by atoms with Gasteiger partial charge in [0.1, 0.15) is 5.82 Å². The van der Waals surface area contributed by atoms with Gasteiger partial charge in [-0.15, -0.1) is 0 Å². The van der Waals surface area contributed by atoms with Crippen LogP contribution in [0.2, 0.25) is 0 Å². The Morgan fingerprint density at radius 3 is 2.90 bits per heavy atom. The van der Waals surface area contributed by atoms with Gasteiger partial charge in [0.15, 0.2) is 5.84 Å². The molecule has 0 fully saturated rings. The van der Waals surface area contributed by atoms with Gasteiger partial charge in [0.2, 0.25) is 0 Å². The predicted molar refractivity (Wildman–Crippen MR) is 71.5 cm³/mol. The van der Waals surface area contributed by atoms with E-state index in [0.29, 0.717) is 18.7 Å². The van der Waals surface area contributed by atoms with Gasteiger partial charge in [0, 0.05) is 24.8 Å². The third kappa shape index (κ3) is 3.48. The van der Waals surface area contributed by atoms with Crippen LogP contribution in [0.1, 0.15) is 16.8 Å². The van der Waals surface area contributed by atoms with Crippen LogP contribution < -0.4 is 11.1 Å². The van der Waals surface area contributed by atoms with E-state index in [9.17, 15) is 4.39 Å². The average molecular weight is 275 g/mol. The zero-order chi connectivity index (χ0) is 14.4. The Morgan fingerprint density at radius 1 is 1.35 bits per heavy atom. The molecule has 20 heavy (non-hydrogen) atoms. The lowest BCUT2D eigenvalue weighted by molar-refractivity contribution is 0.318. The molecule has 0 radical (unpaired) electrons. The molecule has 4 N–H and O–H groups in total. The van der Waals surface area contributed by atoms with Crippen molar-refractivity contribution in [3.63, 3.8) is 0 Å². The van der Waals surface area contributed by atoms with Crippen molar-refractivity contribution < 1.29 is 9.60 Å². The number of nitrogens with two attached hydrogens (primary N) is 1. The topological polar surface area (TPSA) is 96.4 Å². The summed E-state index contributed by atoms with van der Waals surface area (Å²) in [4.78, 5) is 0. The number of aromatic nitrogens is 2. The van der Waals surface area contributed by atoms with Gasteiger partial charge in [-0.3, -0.25) is 0 Å². The summed E-state index contributed by atoms with van der Waals surface area (Å²) < 4.78 is 13.2. The van der Waals surface area contributed by atoms with Crippen molar-refractivity contribution in [1.82, 2.24) is 15.5 Å². The molecule has 7 heteroatoms. The highest BCUT2D eigenvalue weighted by atomic mass is 19.1. The van der Waals surface area contributed by atoms with Gasteiger partial charge >= 0.3 is 0 Å². The van der Waals surface area contributed by atoms with Gasteiger partial charge in [-0.1, -0.05) is 11.2 Å². The van der Waals surface area contributed by atoms with Crippen LogP contribution in [0, 0.1) is 5.82 Å². The molecule has 104 valence electrons. The normalized spacial score (nSPS) is 11.6. The zero-order valence-corrected chi connectivity index (χ0v) is 10.6. The molecule has 0 bridgehead atoms. The Morgan fingerprint density at radius 2 is 2.20 bits per heavy atom. The summed E-state index contributed by atoms with van der Waals surface area (Å²) in [5.41, 5.74) is 7.41. The molecule has 1 aromatic carbocycles. The van der Waals surface area contributed by atoms with Crippen molar-refractivity contribution in [2.75, 3.05) is 0 Å². The highest BCUT2D eigenvalue weighted by Crippen LogP contribution is 2.11. The molecule has 1 aromatic heterocycles. The maximum absolute atomic E-state index is 13.2. The predicted octanol–water partition coefficient (Wildman–Crippen LogP) is 1.000. The molecule has 0 spiro atoms. The number of halogens is 1. The molecular weight excluding hydrogens is 261 g/mol. The molecule has 0 saturated carbocycles. The van der Waals surface area contributed by atoms with Crippen molar-refractivity contribution >= 4 is 5.84 Å². The summed E-state index contributed by atoms with van der Waals surface area (Å²) in [5.74, 6) is -0.565. The van der Waals surface area contributed by atoms with Gasteiger partial charge in [-0.25, -0.2) is 4.39 Å². The second-order valence-corrected chi connectivity index (χ2v) is 4.11. The molecule has 1 heterocycles. The second-order valence-electron chi connectivity index (χ2n) is 4.11. The molecule has 0 atom stereocenters. The molecular formula is C13H14FN5O. The van der Waals surface area contributed by atoms with Gasteiger partial charge < -0.3 is 16.3 Å². The summed E-state index contributed by atoms with van der Waals surface area (Å²) in [6.07, 6.45) is 1.60. The lowest BCUT2D eigenvalue weighted by Crippen LogP contribution is -2.20. The van der Waals surface area contributed by atoms with Crippen LogP contribution in [0.4, 0.5) is 4.39 Å². The Hall–Kier alpha value is -2.54. The van der Waals surface area contributed by atoms with Crippen LogP contribution in [0.15, 0.2) is 41.7 Å². The van der Waals surface area contributed by atoms with E-state index in [-0.39, 0.29) is 5.84 Å². The Labute approximate surface area is 115 Å². The number of rotatable bonds is 5. The molecule has 0 saturated heterocycles. The fourth-order valence-electron chi connectivity index (χ4n) is 1.75. The van der Waals surface area contributed by atoms with E-state index in [4.69, 9.17) is 10.9 Å². The molecule has 6 nitrogen and oxygen atoms in total. The van der Waals surface area contributed by atoms with E-state index in [2.05, 4.69) is 20.7 Å². The summed E-state index contributed by atoms with van der Waals surface area (Å²) in [5, 5.41) is 22.5. The lowest BCUT2D eigenvalue weighted by Gasteiger charge is -2.09. The molecule has 0 aliphatic rings. The molecule has 2 rings (SSSR count). The van der Waals surface area contributed by atoms with Crippen molar-refractivity contribution in [1.29, 1.82) is 0 Å². The third-order valence-corrected chi connectivity index (χ3v) is 2.70. The average Bonchev–Trinajstić information content (AvgIpc) is 2.49. The third-order valence-electron chi connectivity index (χ3n) is 2.70. The minimum absolute atomic E-state index is 0.124. The van der Waals surface area contributed by atoms with Crippen LogP contribution in [-0.4, -0.2) is 21.2 Å². The first-order chi connectivity index (χ1) is 9.70. The maximum atomic E-state index is 13.2. The van der Waals surface area contributed by atoms with Gasteiger partial charge in [-0.05, 0) is 29.8 Å². The fourth-order valence-corrected chi connectivity index (χ4v) is 1.75. The first-order valence-corrected chi connectivity index (χ1v) is 5.94. The van der Waals surface area contributed by atoms with Crippen LogP contribution in [0.25, 0.3) is 0 Å². The Bertz CT molecular complexity index is 603. The van der Waals surface area contributed by atoms with Crippen LogP contribution in [0.3, 0.4) is 0 Å². The van der Waals surface area contributed by atoms with Gasteiger partial charge in [0.25, 0.3) is 0 Å². The quantitative estimate of drug-likeness (QED) is 0.327. The monoisotopic (exact) mass is 275 g/mol. The summed E-state index contributed by atoms with van der Waals surface area (Å²) in [6, 6.07) is 7.78.